The lowest BCUT2D eigenvalue weighted by Gasteiger charge is -2.56. The van der Waals surface area contributed by atoms with Crippen LogP contribution in [-0.2, 0) is 9.59 Å². The molecule has 32 heavy (non-hydrogen) atoms. The Kier molecular flexibility index (Phi) is 6.66. The third kappa shape index (κ3) is 4.87. The summed E-state index contributed by atoms with van der Waals surface area (Å²) in [4.78, 5) is 25.4. The minimum Gasteiger partial charge on any atom is -0.484 e. The third-order valence-electron chi connectivity index (χ3n) is 7.34. The molecule has 7 nitrogen and oxygen atoms in total. The molecule has 3 aliphatic carbocycles. The largest absolute Gasteiger partial charge is 0.484 e. The maximum Gasteiger partial charge on any atom is 0.258 e. The molecule has 3 saturated carbocycles. The summed E-state index contributed by atoms with van der Waals surface area (Å²) in [5.74, 6) is -0.263. The van der Waals surface area contributed by atoms with Gasteiger partial charge in [-0.05, 0) is 69.5 Å². The number of fused-ring (bicyclic) bond motifs is 3. The maximum absolute atomic E-state index is 13.5. The number of aliphatic hydroxyl groups excluding tert-OH is 1. The minimum atomic E-state index is -0.763. The molecule has 0 radical (unpaired) electrons. The quantitative estimate of drug-likeness (QED) is 0.514. The highest BCUT2D eigenvalue weighted by Gasteiger charge is 2.55. The van der Waals surface area contributed by atoms with Gasteiger partial charge in [-0.3, -0.25) is 9.59 Å². The number of carbonyl (C=O) groups is 2. The first-order chi connectivity index (χ1) is 15.2. The second-order valence-corrected chi connectivity index (χ2v) is 10.1. The Labute approximate surface area is 192 Å². The summed E-state index contributed by atoms with van der Waals surface area (Å²) >= 11 is 5.66. The molecular weight excluding hydrogens is 437 g/mol. The van der Waals surface area contributed by atoms with Crippen LogP contribution in [0.1, 0.15) is 51.9 Å². The molecule has 3 atom stereocenters. The summed E-state index contributed by atoms with van der Waals surface area (Å²) in [6.45, 7) is 2.71. The number of benzene rings is 1. The molecule has 4 N–H and O–H groups in total. The zero-order chi connectivity index (χ0) is 22.9. The van der Waals surface area contributed by atoms with Gasteiger partial charge in [0.05, 0.1) is 22.7 Å². The van der Waals surface area contributed by atoms with Crippen LogP contribution >= 0.6 is 11.6 Å². The molecule has 2 amide bonds. The molecular formula is C23H31ClFN3O4. The van der Waals surface area contributed by atoms with E-state index < -0.39 is 23.0 Å². The fourth-order valence-electron chi connectivity index (χ4n) is 5.35. The van der Waals surface area contributed by atoms with Gasteiger partial charge in [-0.25, -0.2) is 4.39 Å². The van der Waals surface area contributed by atoms with Gasteiger partial charge in [-0.15, -0.1) is 0 Å². The summed E-state index contributed by atoms with van der Waals surface area (Å²) in [6, 6.07) is 3.80. The van der Waals surface area contributed by atoms with Crippen LogP contribution in [0.2, 0.25) is 5.02 Å². The molecule has 4 fully saturated rings. The number of nitrogens with one attached hydrogen (secondary N) is 3. The van der Waals surface area contributed by atoms with Crippen molar-refractivity contribution < 1.29 is 23.8 Å². The first-order valence-corrected chi connectivity index (χ1v) is 11.7. The normalized spacial score (nSPS) is 34.1. The van der Waals surface area contributed by atoms with E-state index in [4.69, 9.17) is 16.3 Å². The highest BCUT2D eigenvalue weighted by molar-refractivity contribution is 6.30. The summed E-state index contributed by atoms with van der Waals surface area (Å²) < 4.78 is 18.9. The van der Waals surface area contributed by atoms with Crippen LogP contribution in [-0.4, -0.2) is 53.3 Å². The van der Waals surface area contributed by atoms with E-state index in [1.165, 1.54) is 12.1 Å². The second-order valence-electron chi connectivity index (χ2n) is 9.69. The molecule has 1 saturated heterocycles. The molecule has 3 unspecified atom stereocenters. The van der Waals surface area contributed by atoms with Gasteiger partial charge < -0.3 is 25.8 Å². The Bertz CT molecular complexity index is 875. The lowest BCUT2D eigenvalue weighted by Crippen LogP contribution is -2.71. The van der Waals surface area contributed by atoms with Gasteiger partial charge in [0.15, 0.2) is 6.61 Å². The van der Waals surface area contributed by atoms with Crippen LogP contribution in [0.15, 0.2) is 18.2 Å². The van der Waals surface area contributed by atoms with Gasteiger partial charge in [0.2, 0.25) is 5.91 Å². The van der Waals surface area contributed by atoms with Gasteiger partial charge in [-0.1, -0.05) is 18.5 Å². The van der Waals surface area contributed by atoms with E-state index in [0.717, 1.165) is 25.5 Å². The van der Waals surface area contributed by atoms with E-state index in [1.54, 1.807) is 0 Å². The van der Waals surface area contributed by atoms with E-state index in [9.17, 15) is 19.1 Å². The maximum atomic E-state index is 13.5. The molecule has 5 rings (SSSR count). The number of rotatable bonds is 6. The summed E-state index contributed by atoms with van der Waals surface area (Å²) in [5.41, 5.74) is -1.15. The van der Waals surface area contributed by atoms with Crippen LogP contribution in [0.25, 0.3) is 0 Å². The van der Waals surface area contributed by atoms with Crippen LogP contribution in [0, 0.1) is 11.7 Å². The van der Waals surface area contributed by atoms with Crippen molar-refractivity contribution in [2.75, 3.05) is 13.2 Å². The molecule has 1 heterocycles. The lowest BCUT2D eigenvalue weighted by atomic mass is 9.59. The number of piperidine rings is 1. The molecule has 4 aliphatic rings. The minimum absolute atomic E-state index is 0.00535. The summed E-state index contributed by atoms with van der Waals surface area (Å²) in [5, 5.41) is 20.3. The number of halogens is 2. The van der Waals surface area contributed by atoms with Gasteiger partial charge in [0.1, 0.15) is 11.6 Å². The van der Waals surface area contributed by atoms with Crippen LogP contribution in [0.5, 0.6) is 5.75 Å². The van der Waals surface area contributed by atoms with Crippen molar-refractivity contribution in [1.82, 2.24) is 16.0 Å². The summed E-state index contributed by atoms with van der Waals surface area (Å²) in [6.07, 6.45) is 4.08. The number of ether oxygens (including phenoxy) is 1. The number of carbonyl (C=O) groups excluding carboxylic acids is 2. The Morgan fingerprint density at radius 3 is 2.69 bits per heavy atom. The number of aliphatic hydroxyl groups is 1. The van der Waals surface area contributed by atoms with Crippen molar-refractivity contribution in [2.45, 2.75) is 75.1 Å². The fourth-order valence-corrected chi connectivity index (χ4v) is 5.46. The average Bonchev–Trinajstić information content (AvgIpc) is 2.76. The predicted octanol–water partition coefficient (Wildman–Crippen LogP) is 2.29. The first-order valence-electron chi connectivity index (χ1n) is 11.3. The molecule has 176 valence electrons. The van der Waals surface area contributed by atoms with Crippen molar-refractivity contribution in [3.05, 3.63) is 29.0 Å². The zero-order valence-corrected chi connectivity index (χ0v) is 19.0. The Hall–Kier alpha value is -1.90. The van der Waals surface area contributed by atoms with Crippen molar-refractivity contribution in [3.8, 4) is 5.75 Å². The lowest BCUT2D eigenvalue weighted by molar-refractivity contribution is -0.137. The monoisotopic (exact) mass is 467 g/mol. The van der Waals surface area contributed by atoms with Gasteiger partial charge in [0, 0.05) is 11.6 Å². The molecule has 1 aliphatic heterocycles. The number of hydrogen-bond donors (Lipinski definition) is 4. The van der Waals surface area contributed by atoms with Gasteiger partial charge in [0.25, 0.3) is 5.91 Å². The average molecular weight is 468 g/mol. The second kappa shape index (κ2) is 9.15. The smallest absolute Gasteiger partial charge is 0.258 e. The van der Waals surface area contributed by atoms with Crippen LogP contribution < -0.4 is 20.7 Å². The SMILES string of the molecule is CC1CCNC(C(=O)NC23CCC(NC(=O)COc4ccc(Cl)c(F)c4)(CC2)C(O)C3)C1. The first kappa shape index (κ1) is 23.3. The number of amides is 2. The van der Waals surface area contributed by atoms with E-state index in [2.05, 4.69) is 22.9 Å². The molecule has 1 aromatic rings. The van der Waals surface area contributed by atoms with Crippen molar-refractivity contribution in [1.29, 1.82) is 0 Å². The Morgan fingerprint density at radius 2 is 2.03 bits per heavy atom. The van der Waals surface area contributed by atoms with Gasteiger partial charge >= 0.3 is 0 Å². The molecule has 1 aromatic carbocycles. The van der Waals surface area contributed by atoms with Gasteiger partial charge in [-0.2, -0.15) is 0 Å². The highest BCUT2D eigenvalue weighted by atomic mass is 35.5. The number of hydrogen-bond acceptors (Lipinski definition) is 5. The van der Waals surface area contributed by atoms with E-state index in [0.29, 0.717) is 38.0 Å². The topological polar surface area (TPSA) is 99.7 Å². The van der Waals surface area contributed by atoms with Crippen molar-refractivity contribution in [2.24, 2.45) is 5.92 Å². The summed E-state index contributed by atoms with van der Waals surface area (Å²) in [7, 11) is 0. The zero-order valence-electron chi connectivity index (χ0n) is 18.3. The fraction of sp³-hybridized carbons (Fsp3) is 0.652. The predicted molar refractivity (Wildman–Crippen MR) is 118 cm³/mol. The van der Waals surface area contributed by atoms with E-state index in [1.807, 2.05) is 0 Å². The Morgan fingerprint density at radius 1 is 1.28 bits per heavy atom. The highest BCUT2D eigenvalue weighted by Crippen LogP contribution is 2.47. The van der Waals surface area contributed by atoms with Crippen molar-refractivity contribution >= 4 is 23.4 Å². The molecule has 9 heteroatoms. The van der Waals surface area contributed by atoms with E-state index >= 15 is 0 Å². The van der Waals surface area contributed by atoms with Crippen molar-refractivity contribution in [3.63, 3.8) is 0 Å². The Balaban J connectivity index is 1.31. The standard InChI is InChI=1S/C23H31ClFN3O4/c1-14-4-9-26-18(10-14)21(31)28-22-5-7-23(8-6-22,19(29)12-22)27-20(30)13-32-15-2-3-16(24)17(25)11-15/h2-3,11,14,18-19,26,29H,4-10,12-13H2,1H3,(H,27,30)(H,28,31). The van der Waals surface area contributed by atoms with E-state index in [-0.39, 0.29) is 35.2 Å². The molecule has 0 spiro atoms. The third-order valence-corrected chi connectivity index (χ3v) is 7.65. The molecule has 0 aromatic heterocycles. The van der Waals surface area contributed by atoms with Crippen LogP contribution in [0.3, 0.4) is 0 Å². The van der Waals surface area contributed by atoms with Crippen LogP contribution in [0.4, 0.5) is 4.39 Å². The molecule has 2 bridgehead atoms.